The molecule has 7 nitrogen and oxygen atoms in total. The van der Waals surface area contributed by atoms with E-state index in [2.05, 4.69) is 33.6 Å². The molecular formula is C35H35ClN2O5S. The molecule has 0 bridgehead atoms. The van der Waals surface area contributed by atoms with E-state index in [-0.39, 0.29) is 23.9 Å². The number of aromatic carboxylic acids is 1. The van der Waals surface area contributed by atoms with Crippen LogP contribution >= 0.6 is 11.6 Å². The Labute approximate surface area is 262 Å². The van der Waals surface area contributed by atoms with Crippen molar-refractivity contribution >= 4 is 38.5 Å². The third-order valence-corrected chi connectivity index (χ3v) is 10.0. The number of rotatable bonds is 12. The highest BCUT2D eigenvalue weighted by Gasteiger charge is 2.26. The van der Waals surface area contributed by atoms with Crippen LogP contribution < -0.4 is 4.72 Å². The van der Waals surface area contributed by atoms with Crippen molar-refractivity contribution in [2.45, 2.75) is 44.4 Å². The molecule has 0 amide bonds. The van der Waals surface area contributed by atoms with E-state index in [1.165, 1.54) is 18.2 Å². The summed E-state index contributed by atoms with van der Waals surface area (Å²) >= 11 is 6.56. The third kappa shape index (κ3) is 6.68. The number of aromatic nitrogens is 1. The van der Waals surface area contributed by atoms with Crippen molar-refractivity contribution in [3.63, 3.8) is 0 Å². The van der Waals surface area contributed by atoms with Gasteiger partial charge in [0.05, 0.1) is 16.9 Å². The van der Waals surface area contributed by atoms with Crippen molar-refractivity contribution in [2.24, 2.45) is 0 Å². The lowest BCUT2D eigenvalue weighted by Crippen LogP contribution is -2.33. The summed E-state index contributed by atoms with van der Waals surface area (Å²) in [6, 6.07) is 30.1. The smallest absolute Gasteiger partial charge is 0.335 e. The highest BCUT2D eigenvalue weighted by Crippen LogP contribution is 2.38. The van der Waals surface area contributed by atoms with Gasteiger partial charge in [0.15, 0.2) is 0 Å². The zero-order valence-corrected chi connectivity index (χ0v) is 26.1. The minimum Gasteiger partial charge on any atom is -0.508 e. The molecule has 1 heterocycles. The van der Waals surface area contributed by atoms with E-state index in [1.807, 2.05) is 54.6 Å². The summed E-state index contributed by atoms with van der Waals surface area (Å²) in [5.41, 5.74) is 5.55. The summed E-state index contributed by atoms with van der Waals surface area (Å²) in [6.45, 7) is 3.46. The minimum atomic E-state index is -3.50. The molecule has 0 unspecified atom stereocenters. The van der Waals surface area contributed by atoms with Gasteiger partial charge in [-0.2, -0.15) is 0 Å². The number of phenols is 1. The Kier molecular flexibility index (Phi) is 9.44. The largest absolute Gasteiger partial charge is 0.508 e. The van der Waals surface area contributed by atoms with E-state index in [9.17, 15) is 23.4 Å². The summed E-state index contributed by atoms with van der Waals surface area (Å²) in [4.78, 5) is 12.0. The summed E-state index contributed by atoms with van der Waals surface area (Å²) in [6.07, 6.45) is 1.17. The fourth-order valence-corrected chi connectivity index (χ4v) is 6.64. The number of aromatic hydroxyl groups is 1. The number of benzene rings is 4. The van der Waals surface area contributed by atoms with Crippen LogP contribution in [0.5, 0.6) is 5.75 Å². The van der Waals surface area contributed by atoms with Gasteiger partial charge in [-0.3, -0.25) is 0 Å². The third-order valence-electron chi connectivity index (χ3n) is 7.92. The van der Waals surface area contributed by atoms with Gasteiger partial charge in [-0.25, -0.2) is 17.9 Å². The predicted molar refractivity (Wildman–Crippen MR) is 175 cm³/mol. The number of halogens is 1. The summed E-state index contributed by atoms with van der Waals surface area (Å²) < 4.78 is 30.4. The lowest BCUT2D eigenvalue weighted by molar-refractivity contribution is 0.0695. The van der Waals surface area contributed by atoms with Crippen molar-refractivity contribution < 1.29 is 23.4 Å². The predicted octanol–water partition coefficient (Wildman–Crippen LogP) is 6.99. The number of carbonyl (C=O) groups is 1. The Morgan fingerprint density at radius 1 is 0.864 bits per heavy atom. The summed E-state index contributed by atoms with van der Waals surface area (Å²) in [7, 11) is -3.50. The number of aryl methyl sites for hydroxylation is 2. The number of sulfonamides is 1. The molecule has 44 heavy (non-hydrogen) atoms. The molecule has 5 aromatic rings. The van der Waals surface area contributed by atoms with Crippen LogP contribution in [0.4, 0.5) is 0 Å². The maximum Gasteiger partial charge on any atom is 0.335 e. The first kappa shape index (κ1) is 31.3. The normalized spacial score (nSPS) is 11.9. The van der Waals surface area contributed by atoms with Crippen LogP contribution in [0.1, 0.15) is 58.2 Å². The molecule has 0 saturated heterocycles. The average Bonchev–Trinajstić information content (AvgIpc) is 3.28. The lowest BCUT2D eigenvalue weighted by atomic mass is 9.96. The Morgan fingerprint density at radius 2 is 1.50 bits per heavy atom. The van der Waals surface area contributed by atoms with Crippen LogP contribution in [0.25, 0.3) is 10.9 Å². The molecule has 0 saturated carbocycles. The van der Waals surface area contributed by atoms with Gasteiger partial charge in [-0.15, -0.1) is 0 Å². The van der Waals surface area contributed by atoms with Crippen LogP contribution in [0.15, 0.2) is 97.1 Å². The number of hydrogen-bond acceptors (Lipinski definition) is 4. The monoisotopic (exact) mass is 630 g/mol. The molecule has 4 aromatic carbocycles. The number of nitrogens with zero attached hydrogens (tertiary/aromatic N) is 1. The molecule has 228 valence electrons. The Bertz CT molecular complexity index is 1850. The minimum absolute atomic E-state index is 0.00740. The van der Waals surface area contributed by atoms with E-state index in [0.29, 0.717) is 29.8 Å². The summed E-state index contributed by atoms with van der Waals surface area (Å²) in [5, 5.41) is 20.9. The van der Waals surface area contributed by atoms with Crippen molar-refractivity contribution in [3.05, 3.63) is 136 Å². The van der Waals surface area contributed by atoms with Crippen LogP contribution in [0.3, 0.4) is 0 Å². The molecular weight excluding hydrogens is 596 g/mol. The molecule has 3 N–H and O–H groups in total. The second-order valence-corrected chi connectivity index (χ2v) is 13.8. The van der Waals surface area contributed by atoms with Crippen molar-refractivity contribution in [1.29, 1.82) is 0 Å². The average molecular weight is 631 g/mol. The molecule has 0 spiro atoms. The molecule has 0 aliphatic carbocycles. The highest BCUT2D eigenvalue weighted by atomic mass is 35.5. The SMILES string of the molecule is CC(C)S(=O)(=O)NCCc1c(CCc2cc(O)ccc2C(=O)O)c2cc(Cl)ccc2n1C(c1ccccc1)c1ccccc1. The van der Waals surface area contributed by atoms with E-state index in [4.69, 9.17) is 11.6 Å². The first-order valence-corrected chi connectivity index (χ1v) is 16.4. The van der Waals surface area contributed by atoms with Gasteiger partial charge < -0.3 is 14.8 Å². The first-order chi connectivity index (χ1) is 21.1. The van der Waals surface area contributed by atoms with E-state index in [1.54, 1.807) is 13.8 Å². The molecule has 0 fully saturated rings. The molecule has 9 heteroatoms. The van der Waals surface area contributed by atoms with Crippen LogP contribution in [0.2, 0.25) is 5.02 Å². The number of carboxylic acids is 1. The quantitative estimate of drug-likeness (QED) is 0.138. The number of carboxylic acid groups (broad SMARTS) is 1. The Balaban J connectivity index is 1.72. The van der Waals surface area contributed by atoms with Crippen molar-refractivity contribution in [1.82, 2.24) is 9.29 Å². The maximum absolute atomic E-state index is 12.7. The van der Waals surface area contributed by atoms with Gasteiger partial charge in [0.25, 0.3) is 0 Å². The molecule has 5 rings (SSSR count). The topological polar surface area (TPSA) is 109 Å². The van der Waals surface area contributed by atoms with Crippen molar-refractivity contribution in [2.75, 3.05) is 6.54 Å². The van der Waals surface area contributed by atoms with Crippen LogP contribution in [-0.4, -0.2) is 41.0 Å². The van der Waals surface area contributed by atoms with E-state index >= 15 is 0 Å². The second kappa shape index (κ2) is 13.3. The standard InChI is InChI=1S/C35H35ClN2O5S/c1-23(2)44(42,43)37-20-19-33-30(16-13-26-21-28(39)15-17-29(26)35(40)41)31-22-27(36)14-18-32(31)38(33)34(24-9-5-3-6-10-24)25-11-7-4-8-12-25/h3-12,14-15,17-18,21-23,34,37,39H,13,16,19-20H2,1-2H3,(H,40,41). The zero-order chi connectivity index (χ0) is 31.4. The fourth-order valence-electron chi connectivity index (χ4n) is 5.75. The van der Waals surface area contributed by atoms with Gasteiger partial charge in [-0.1, -0.05) is 72.3 Å². The Morgan fingerprint density at radius 3 is 2.09 bits per heavy atom. The number of hydrogen-bond donors (Lipinski definition) is 3. The summed E-state index contributed by atoms with van der Waals surface area (Å²) in [5.74, 6) is -1.07. The molecule has 1 aromatic heterocycles. The van der Waals surface area contributed by atoms with Gasteiger partial charge in [0.2, 0.25) is 10.0 Å². The molecule has 0 radical (unpaired) electrons. The van der Waals surface area contributed by atoms with Crippen molar-refractivity contribution in [3.8, 4) is 5.75 Å². The van der Waals surface area contributed by atoms with Gasteiger partial charge in [0.1, 0.15) is 5.75 Å². The second-order valence-electron chi connectivity index (χ2n) is 11.1. The first-order valence-electron chi connectivity index (χ1n) is 14.5. The highest BCUT2D eigenvalue weighted by molar-refractivity contribution is 7.90. The fraction of sp³-hybridized carbons (Fsp3) is 0.229. The van der Waals surface area contributed by atoms with Gasteiger partial charge in [-0.05, 0) is 85.3 Å². The lowest BCUT2D eigenvalue weighted by Gasteiger charge is -2.25. The van der Waals surface area contributed by atoms with E-state index in [0.717, 1.165) is 33.3 Å². The van der Waals surface area contributed by atoms with E-state index < -0.39 is 21.2 Å². The molecule has 0 atom stereocenters. The number of phenolic OH excluding ortho intramolecular Hbond substituents is 1. The van der Waals surface area contributed by atoms with Gasteiger partial charge in [0, 0.05) is 34.6 Å². The Hall–Kier alpha value is -4.11. The molecule has 0 aliphatic heterocycles. The zero-order valence-electron chi connectivity index (χ0n) is 24.6. The van der Waals surface area contributed by atoms with Crippen LogP contribution in [0, 0.1) is 0 Å². The number of fused-ring (bicyclic) bond motifs is 1. The number of nitrogens with one attached hydrogen (secondary N) is 1. The van der Waals surface area contributed by atoms with Crippen LogP contribution in [-0.2, 0) is 29.3 Å². The van der Waals surface area contributed by atoms with Gasteiger partial charge >= 0.3 is 5.97 Å². The maximum atomic E-state index is 12.7. The molecule has 0 aliphatic rings.